The molecule has 0 fully saturated rings. The summed E-state index contributed by atoms with van der Waals surface area (Å²) in [5.74, 6) is 0. The first-order chi connectivity index (χ1) is 9.17. The number of hydrogen-bond donors (Lipinski definition) is 2. The lowest BCUT2D eigenvalue weighted by molar-refractivity contribution is 0.201. The largest absolute Gasteiger partial charge is 0.396 e. The number of rotatable bonds is 7. The standard InChI is InChI=1S/C14H21BrN2O2/c1-2-3-9-17(10-4-11-18)14(19)16-13-7-5-12(15)6-8-13/h5-8,18H,2-4,9-11H2,1H3,(H,16,19). The molecular weight excluding hydrogens is 308 g/mol. The number of anilines is 1. The van der Waals surface area contributed by atoms with E-state index in [9.17, 15) is 4.79 Å². The molecule has 1 aromatic rings. The summed E-state index contributed by atoms with van der Waals surface area (Å²) in [5, 5.41) is 11.8. The number of nitrogens with one attached hydrogen (secondary N) is 1. The summed E-state index contributed by atoms with van der Waals surface area (Å²) in [6.07, 6.45) is 2.62. The average Bonchev–Trinajstić information content (AvgIpc) is 2.41. The van der Waals surface area contributed by atoms with E-state index in [0.29, 0.717) is 13.0 Å². The van der Waals surface area contributed by atoms with E-state index in [4.69, 9.17) is 5.11 Å². The van der Waals surface area contributed by atoms with Gasteiger partial charge in [-0.2, -0.15) is 0 Å². The maximum atomic E-state index is 12.1. The van der Waals surface area contributed by atoms with Gasteiger partial charge in [-0.05, 0) is 37.1 Å². The minimum Gasteiger partial charge on any atom is -0.396 e. The van der Waals surface area contributed by atoms with Gasteiger partial charge < -0.3 is 15.3 Å². The lowest BCUT2D eigenvalue weighted by Crippen LogP contribution is -2.36. The second kappa shape index (κ2) is 8.93. The van der Waals surface area contributed by atoms with Crippen molar-refractivity contribution in [2.75, 3.05) is 25.0 Å². The molecule has 0 aliphatic rings. The number of halogens is 1. The van der Waals surface area contributed by atoms with Crippen LogP contribution in [-0.2, 0) is 0 Å². The van der Waals surface area contributed by atoms with Crippen LogP contribution < -0.4 is 5.32 Å². The summed E-state index contributed by atoms with van der Waals surface area (Å²) in [7, 11) is 0. The molecule has 0 heterocycles. The van der Waals surface area contributed by atoms with Gasteiger partial charge in [-0.1, -0.05) is 29.3 Å². The van der Waals surface area contributed by atoms with Crippen molar-refractivity contribution in [3.05, 3.63) is 28.7 Å². The third kappa shape index (κ3) is 6.07. The fourth-order valence-electron chi connectivity index (χ4n) is 1.66. The first-order valence-electron chi connectivity index (χ1n) is 6.59. The van der Waals surface area contributed by atoms with E-state index < -0.39 is 0 Å². The third-order valence-electron chi connectivity index (χ3n) is 2.75. The number of urea groups is 1. The molecule has 106 valence electrons. The Morgan fingerprint density at radius 1 is 1.26 bits per heavy atom. The number of carbonyl (C=O) groups is 1. The van der Waals surface area contributed by atoms with Crippen molar-refractivity contribution >= 4 is 27.6 Å². The Morgan fingerprint density at radius 2 is 1.89 bits per heavy atom. The van der Waals surface area contributed by atoms with Crippen LogP contribution in [0.25, 0.3) is 0 Å². The van der Waals surface area contributed by atoms with Crippen molar-refractivity contribution in [2.24, 2.45) is 0 Å². The van der Waals surface area contributed by atoms with Crippen LogP contribution >= 0.6 is 15.9 Å². The van der Waals surface area contributed by atoms with Gasteiger partial charge >= 0.3 is 6.03 Å². The molecule has 1 aromatic carbocycles. The molecule has 5 heteroatoms. The van der Waals surface area contributed by atoms with Gasteiger partial charge in [0.15, 0.2) is 0 Å². The number of unbranched alkanes of at least 4 members (excludes halogenated alkanes) is 1. The minimum absolute atomic E-state index is 0.105. The van der Waals surface area contributed by atoms with E-state index in [1.54, 1.807) is 4.90 Å². The zero-order chi connectivity index (χ0) is 14.1. The molecular formula is C14H21BrN2O2. The molecule has 0 spiro atoms. The molecule has 0 aliphatic heterocycles. The first kappa shape index (κ1) is 16.0. The Labute approximate surface area is 122 Å². The monoisotopic (exact) mass is 328 g/mol. The molecule has 0 bridgehead atoms. The molecule has 2 amide bonds. The highest BCUT2D eigenvalue weighted by Gasteiger charge is 2.12. The van der Waals surface area contributed by atoms with Gasteiger partial charge in [-0.3, -0.25) is 0 Å². The molecule has 0 unspecified atom stereocenters. The Hall–Kier alpha value is -1.07. The topological polar surface area (TPSA) is 52.6 Å². The molecule has 2 N–H and O–H groups in total. The number of aliphatic hydroxyl groups is 1. The maximum Gasteiger partial charge on any atom is 0.321 e. The van der Waals surface area contributed by atoms with E-state index in [1.807, 2.05) is 24.3 Å². The van der Waals surface area contributed by atoms with E-state index in [0.717, 1.165) is 29.5 Å². The Bertz CT molecular complexity index is 374. The normalized spacial score (nSPS) is 10.3. The third-order valence-corrected chi connectivity index (χ3v) is 3.28. The fourth-order valence-corrected chi connectivity index (χ4v) is 1.93. The first-order valence-corrected chi connectivity index (χ1v) is 7.39. The Kier molecular flexibility index (Phi) is 7.52. The lowest BCUT2D eigenvalue weighted by Gasteiger charge is -2.22. The summed E-state index contributed by atoms with van der Waals surface area (Å²) in [6.45, 7) is 3.50. The van der Waals surface area contributed by atoms with Crippen molar-refractivity contribution in [3.63, 3.8) is 0 Å². The van der Waals surface area contributed by atoms with Crippen LogP contribution in [0.5, 0.6) is 0 Å². The summed E-state index contributed by atoms with van der Waals surface area (Å²) < 4.78 is 0.980. The van der Waals surface area contributed by atoms with Crippen molar-refractivity contribution in [3.8, 4) is 0 Å². The second-order valence-corrected chi connectivity index (χ2v) is 5.27. The van der Waals surface area contributed by atoms with Crippen LogP contribution in [0.3, 0.4) is 0 Å². The van der Waals surface area contributed by atoms with Gasteiger partial charge in [0.1, 0.15) is 0 Å². The van der Waals surface area contributed by atoms with E-state index in [1.165, 1.54) is 0 Å². The van der Waals surface area contributed by atoms with Crippen LogP contribution in [0.15, 0.2) is 28.7 Å². The smallest absolute Gasteiger partial charge is 0.321 e. The number of amides is 2. The number of hydrogen-bond acceptors (Lipinski definition) is 2. The van der Waals surface area contributed by atoms with Crippen molar-refractivity contribution in [1.29, 1.82) is 0 Å². The predicted molar refractivity (Wildman–Crippen MR) is 81.3 cm³/mol. The highest BCUT2D eigenvalue weighted by molar-refractivity contribution is 9.10. The zero-order valence-electron chi connectivity index (χ0n) is 11.2. The van der Waals surface area contributed by atoms with Crippen molar-refractivity contribution < 1.29 is 9.90 Å². The fraction of sp³-hybridized carbons (Fsp3) is 0.500. The molecule has 0 aromatic heterocycles. The van der Waals surface area contributed by atoms with E-state index in [2.05, 4.69) is 28.2 Å². The van der Waals surface area contributed by atoms with Crippen LogP contribution in [0, 0.1) is 0 Å². The van der Waals surface area contributed by atoms with Crippen LogP contribution in [0.4, 0.5) is 10.5 Å². The van der Waals surface area contributed by atoms with Crippen molar-refractivity contribution in [1.82, 2.24) is 4.90 Å². The zero-order valence-corrected chi connectivity index (χ0v) is 12.8. The summed E-state index contributed by atoms with van der Waals surface area (Å²) >= 11 is 3.36. The van der Waals surface area contributed by atoms with Gasteiger partial charge in [-0.15, -0.1) is 0 Å². The number of nitrogens with zero attached hydrogens (tertiary/aromatic N) is 1. The predicted octanol–water partition coefficient (Wildman–Crippen LogP) is 3.47. The van der Waals surface area contributed by atoms with Crippen LogP contribution in [-0.4, -0.2) is 35.7 Å². The molecule has 1 rings (SSSR count). The van der Waals surface area contributed by atoms with Gasteiger partial charge in [0.05, 0.1) is 0 Å². The molecule has 4 nitrogen and oxygen atoms in total. The maximum absolute atomic E-state index is 12.1. The molecule has 0 atom stereocenters. The van der Waals surface area contributed by atoms with Gasteiger partial charge in [0.25, 0.3) is 0 Å². The molecule has 0 saturated heterocycles. The number of benzene rings is 1. The Morgan fingerprint density at radius 3 is 2.47 bits per heavy atom. The Balaban J connectivity index is 2.56. The lowest BCUT2D eigenvalue weighted by atomic mass is 10.3. The van der Waals surface area contributed by atoms with Crippen LogP contribution in [0.2, 0.25) is 0 Å². The summed E-state index contributed by atoms with van der Waals surface area (Å²) in [4.78, 5) is 13.9. The molecule has 0 aliphatic carbocycles. The van der Waals surface area contributed by atoms with Gasteiger partial charge in [0, 0.05) is 29.9 Å². The number of carbonyl (C=O) groups excluding carboxylic acids is 1. The van der Waals surface area contributed by atoms with Gasteiger partial charge in [-0.25, -0.2) is 4.79 Å². The van der Waals surface area contributed by atoms with E-state index in [-0.39, 0.29) is 12.6 Å². The summed E-state index contributed by atoms with van der Waals surface area (Å²) in [6, 6.07) is 7.38. The number of aliphatic hydroxyl groups excluding tert-OH is 1. The quantitative estimate of drug-likeness (QED) is 0.805. The second-order valence-electron chi connectivity index (χ2n) is 4.35. The average molecular weight is 329 g/mol. The SMILES string of the molecule is CCCCN(CCCO)C(=O)Nc1ccc(Br)cc1. The van der Waals surface area contributed by atoms with Crippen molar-refractivity contribution in [2.45, 2.75) is 26.2 Å². The summed E-state index contributed by atoms with van der Waals surface area (Å²) in [5.41, 5.74) is 0.777. The molecule has 19 heavy (non-hydrogen) atoms. The molecule has 0 radical (unpaired) electrons. The highest BCUT2D eigenvalue weighted by Crippen LogP contribution is 2.14. The van der Waals surface area contributed by atoms with Gasteiger partial charge in [0.2, 0.25) is 0 Å². The molecule has 0 saturated carbocycles. The van der Waals surface area contributed by atoms with Crippen LogP contribution in [0.1, 0.15) is 26.2 Å². The van der Waals surface area contributed by atoms with E-state index >= 15 is 0 Å². The highest BCUT2D eigenvalue weighted by atomic mass is 79.9. The minimum atomic E-state index is -0.107.